The summed E-state index contributed by atoms with van der Waals surface area (Å²) in [6.07, 6.45) is 3.96. The Balaban J connectivity index is 1.48. The van der Waals surface area contributed by atoms with Crippen LogP contribution in [0.2, 0.25) is 0 Å². The molecule has 2 aromatic rings. The minimum absolute atomic E-state index is 0.665. The molecule has 146 valence electrons. The second-order valence-electron chi connectivity index (χ2n) is 7.19. The van der Waals surface area contributed by atoms with Gasteiger partial charge >= 0.3 is 0 Å². The van der Waals surface area contributed by atoms with Crippen molar-refractivity contribution >= 4 is 39.1 Å². The first-order valence-electron chi connectivity index (χ1n) is 9.51. The van der Waals surface area contributed by atoms with Crippen molar-refractivity contribution in [2.24, 2.45) is 4.99 Å². The molecule has 0 aromatic heterocycles. The normalized spacial score (nSPS) is 18.2. The topological polar surface area (TPSA) is 40.1 Å². The van der Waals surface area contributed by atoms with E-state index in [-0.39, 0.29) is 0 Å². The van der Waals surface area contributed by atoms with E-state index in [9.17, 15) is 0 Å². The summed E-state index contributed by atoms with van der Waals surface area (Å²) in [4.78, 5) is 9.30. The Kier molecular flexibility index (Phi) is 5.69. The first-order chi connectivity index (χ1) is 13.6. The van der Waals surface area contributed by atoms with Gasteiger partial charge in [-0.1, -0.05) is 0 Å². The van der Waals surface area contributed by atoms with E-state index in [0.29, 0.717) is 6.54 Å². The van der Waals surface area contributed by atoms with Gasteiger partial charge in [0.25, 0.3) is 0 Å². The lowest BCUT2D eigenvalue weighted by Crippen LogP contribution is -2.44. The number of methoxy groups -OCH3 is 1. The number of ether oxygens (including phenoxy) is 1. The predicted octanol–water partition coefficient (Wildman–Crippen LogP) is 4.10. The molecule has 0 saturated carbocycles. The van der Waals surface area contributed by atoms with E-state index < -0.39 is 0 Å². The number of halogens is 1. The Labute approximate surface area is 174 Å². The molecule has 0 spiro atoms. The molecule has 4 rings (SSSR count). The van der Waals surface area contributed by atoms with Crippen LogP contribution in [0.3, 0.4) is 0 Å². The lowest BCUT2D eigenvalue weighted by atomic mass is 9.98. The predicted molar refractivity (Wildman–Crippen MR) is 121 cm³/mol. The number of rotatable bonds is 4. The van der Waals surface area contributed by atoms with Crippen LogP contribution in [-0.2, 0) is 0 Å². The van der Waals surface area contributed by atoms with Crippen LogP contribution in [-0.4, -0.2) is 58.0 Å². The minimum atomic E-state index is 0.665. The number of aliphatic imine (C=N–C) groups is 1. The maximum atomic E-state index is 5.39. The lowest BCUT2D eigenvalue weighted by molar-refractivity contribution is 0.313. The third-order valence-corrected chi connectivity index (χ3v) is 5.93. The summed E-state index contributed by atoms with van der Waals surface area (Å²) in [6, 6.07) is 12.8. The van der Waals surface area contributed by atoms with E-state index in [1.165, 1.54) is 11.3 Å². The van der Waals surface area contributed by atoms with Crippen LogP contribution in [0.1, 0.15) is 11.1 Å². The molecular weight excluding hydrogens is 416 g/mol. The second kappa shape index (κ2) is 8.37. The van der Waals surface area contributed by atoms with Crippen molar-refractivity contribution in [3.8, 4) is 5.75 Å². The zero-order valence-corrected chi connectivity index (χ0v) is 17.9. The first-order valence-corrected chi connectivity index (χ1v) is 10.3. The SMILES string of the molecule is COc1cc2c(cc1Br)C(=CNc1ccc(N3CCN(C)CC3)cc1)CN=C2. The summed E-state index contributed by atoms with van der Waals surface area (Å²) in [5.41, 5.74) is 5.77. The highest BCUT2D eigenvalue weighted by Crippen LogP contribution is 2.33. The molecule has 0 bridgehead atoms. The summed E-state index contributed by atoms with van der Waals surface area (Å²) in [5.74, 6) is 0.818. The largest absolute Gasteiger partial charge is 0.496 e. The van der Waals surface area contributed by atoms with Crippen LogP contribution >= 0.6 is 15.9 Å². The highest BCUT2D eigenvalue weighted by Gasteiger charge is 2.15. The number of piperazine rings is 1. The fourth-order valence-corrected chi connectivity index (χ4v) is 4.07. The molecule has 0 radical (unpaired) electrons. The van der Waals surface area contributed by atoms with Crippen molar-refractivity contribution in [3.63, 3.8) is 0 Å². The zero-order valence-electron chi connectivity index (χ0n) is 16.3. The van der Waals surface area contributed by atoms with Crippen LogP contribution in [0.25, 0.3) is 5.57 Å². The molecule has 2 aromatic carbocycles. The zero-order chi connectivity index (χ0) is 19.5. The molecule has 28 heavy (non-hydrogen) atoms. The highest BCUT2D eigenvalue weighted by atomic mass is 79.9. The Bertz CT molecular complexity index is 899. The van der Waals surface area contributed by atoms with Crippen LogP contribution in [0.5, 0.6) is 5.75 Å². The first kappa shape index (κ1) is 19.0. The van der Waals surface area contributed by atoms with Gasteiger partial charge in [-0.05, 0) is 70.5 Å². The van der Waals surface area contributed by atoms with E-state index >= 15 is 0 Å². The molecule has 0 unspecified atom stereocenters. The van der Waals surface area contributed by atoms with Crippen LogP contribution < -0.4 is 15.0 Å². The van der Waals surface area contributed by atoms with Crippen molar-refractivity contribution in [2.75, 3.05) is 57.1 Å². The number of anilines is 2. The summed E-state index contributed by atoms with van der Waals surface area (Å²) in [6.45, 7) is 5.07. The maximum Gasteiger partial charge on any atom is 0.133 e. The number of hydrogen-bond donors (Lipinski definition) is 1. The molecule has 6 heteroatoms. The minimum Gasteiger partial charge on any atom is -0.496 e. The Morgan fingerprint density at radius 2 is 1.86 bits per heavy atom. The van der Waals surface area contributed by atoms with E-state index in [2.05, 4.69) is 79.6 Å². The summed E-state index contributed by atoms with van der Waals surface area (Å²) >= 11 is 3.58. The third-order valence-electron chi connectivity index (χ3n) is 5.31. The fourth-order valence-electron chi connectivity index (χ4n) is 3.56. The number of hydrogen-bond acceptors (Lipinski definition) is 5. The quantitative estimate of drug-likeness (QED) is 0.776. The summed E-state index contributed by atoms with van der Waals surface area (Å²) in [5, 5.41) is 3.43. The third kappa shape index (κ3) is 4.08. The van der Waals surface area contributed by atoms with Gasteiger partial charge in [0.2, 0.25) is 0 Å². The number of nitrogens with one attached hydrogen (secondary N) is 1. The van der Waals surface area contributed by atoms with Gasteiger partial charge < -0.3 is 19.9 Å². The molecule has 5 nitrogen and oxygen atoms in total. The highest BCUT2D eigenvalue weighted by molar-refractivity contribution is 9.10. The molecule has 1 saturated heterocycles. The average Bonchev–Trinajstić information content (AvgIpc) is 2.73. The molecule has 0 atom stereocenters. The number of likely N-dealkylation sites (N-methyl/N-ethyl adjacent to an activating group) is 1. The molecule has 0 amide bonds. The number of fused-ring (bicyclic) bond motifs is 1. The standard InChI is InChI=1S/C22H25BrN4O/c1-26-7-9-27(10-8-26)19-5-3-18(4-6-19)25-15-17-14-24-13-16-11-22(28-2)21(23)12-20(16)17/h3-6,11-13,15,25H,7-10,14H2,1-2H3. The Hall–Kier alpha value is -2.31. The van der Waals surface area contributed by atoms with Gasteiger partial charge in [0, 0.05) is 55.5 Å². The van der Waals surface area contributed by atoms with Gasteiger partial charge in [-0.3, -0.25) is 4.99 Å². The van der Waals surface area contributed by atoms with Crippen molar-refractivity contribution in [2.45, 2.75) is 0 Å². The number of benzene rings is 2. The Morgan fingerprint density at radius 3 is 2.57 bits per heavy atom. The maximum absolute atomic E-state index is 5.39. The molecule has 1 fully saturated rings. The van der Waals surface area contributed by atoms with Crippen molar-refractivity contribution in [1.29, 1.82) is 0 Å². The lowest BCUT2D eigenvalue weighted by Gasteiger charge is -2.34. The Morgan fingerprint density at radius 1 is 1.11 bits per heavy atom. The van der Waals surface area contributed by atoms with Crippen molar-refractivity contribution in [3.05, 3.63) is 58.2 Å². The van der Waals surface area contributed by atoms with Gasteiger partial charge in [0.15, 0.2) is 0 Å². The average molecular weight is 441 g/mol. The second-order valence-corrected chi connectivity index (χ2v) is 8.05. The van der Waals surface area contributed by atoms with E-state index in [1.807, 2.05) is 12.3 Å². The molecule has 0 aliphatic carbocycles. The van der Waals surface area contributed by atoms with Crippen molar-refractivity contribution in [1.82, 2.24) is 4.90 Å². The number of nitrogens with zero attached hydrogens (tertiary/aromatic N) is 3. The fraction of sp³-hybridized carbons (Fsp3) is 0.318. The van der Waals surface area contributed by atoms with Crippen molar-refractivity contribution < 1.29 is 4.74 Å². The molecule has 1 N–H and O–H groups in total. The molecule has 2 heterocycles. The van der Waals surface area contributed by atoms with Gasteiger partial charge in [-0.2, -0.15) is 0 Å². The summed E-state index contributed by atoms with van der Waals surface area (Å²) < 4.78 is 6.34. The smallest absolute Gasteiger partial charge is 0.133 e. The molecule has 2 aliphatic heterocycles. The van der Waals surface area contributed by atoms with Crippen LogP contribution in [0, 0.1) is 0 Å². The monoisotopic (exact) mass is 440 g/mol. The van der Waals surface area contributed by atoms with Crippen LogP contribution in [0.15, 0.2) is 52.1 Å². The van der Waals surface area contributed by atoms with E-state index in [0.717, 1.165) is 53.2 Å². The van der Waals surface area contributed by atoms with Gasteiger partial charge in [-0.25, -0.2) is 0 Å². The molecular formula is C22H25BrN4O. The van der Waals surface area contributed by atoms with Gasteiger partial charge in [-0.15, -0.1) is 0 Å². The van der Waals surface area contributed by atoms with E-state index in [4.69, 9.17) is 4.74 Å². The van der Waals surface area contributed by atoms with Gasteiger partial charge in [0.1, 0.15) is 5.75 Å². The molecule has 2 aliphatic rings. The summed E-state index contributed by atoms with van der Waals surface area (Å²) in [7, 11) is 3.86. The van der Waals surface area contributed by atoms with Crippen LogP contribution in [0.4, 0.5) is 11.4 Å². The van der Waals surface area contributed by atoms with E-state index in [1.54, 1.807) is 7.11 Å². The van der Waals surface area contributed by atoms with Gasteiger partial charge in [0.05, 0.1) is 18.1 Å².